The predicted octanol–water partition coefficient (Wildman–Crippen LogP) is 3.05. The number of methoxy groups -OCH3 is 1. The third-order valence-corrected chi connectivity index (χ3v) is 3.01. The lowest BCUT2D eigenvalue weighted by molar-refractivity contribution is -0.114. The molecule has 0 atom stereocenters. The van der Waals surface area contributed by atoms with E-state index < -0.39 is 0 Å². The summed E-state index contributed by atoms with van der Waals surface area (Å²) in [6, 6.07) is 12.4. The van der Waals surface area contributed by atoms with Crippen molar-refractivity contribution >= 4 is 17.9 Å². The molecule has 0 aliphatic rings. The van der Waals surface area contributed by atoms with Crippen LogP contribution in [0.2, 0.25) is 0 Å². The number of nitrogens with one attached hydrogen (secondary N) is 1. The molecule has 0 aromatic heterocycles. The van der Waals surface area contributed by atoms with Crippen molar-refractivity contribution in [1.82, 2.24) is 0 Å². The van der Waals surface area contributed by atoms with Crippen molar-refractivity contribution in [2.45, 2.75) is 13.5 Å². The first kappa shape index (κ1) is 15.6. The van der Waals surface area contributed by atoms with Crippen LogP contribution in [0.3, 0.4) is 0 Å². The van der Waals surface area contributed by atoms with Crippen molar-refractivity contribution in [2.75, 3.05) is 12.4 Å². The van der Waals surface area contributed by atoms with Crippen LogP contribution in [0.1, 0.15) is 22.8 Å². The van der Waals surface area contributed by atoms with Crippen LogP contribution in [0.15, 0.2) is 42.5 Å². The fourth-order valence-corrected chi connectivity index (χ4v) is 1.92. The Labute approximate surface area is 128 Å². The minimum absolute atomic E-state index is 0.181. The van der Waals surface area contributed by atoms with Crippen molar-refractivity contribution in [3.63, 3.8) is 0 Å². The molecule has 2 rings (SSSR count). The highest BCUT2D eigenvalue weighted by molar-refractivity contribution is 5.90. The van der Waals surface area contributed by atoms with Gasteiger partial charge in [0, 0.05) is 18.7 Å². The molecule has 0 spiro atoms. The van der Waals surface area contributed by atoms with Crippen molar-refractivity contribution in [2.24, 2.45) is 0 Å². The number of ether oxygens (including phenoxy) is 2. The molecule has 0 aliphatic heterocycles. The molecule has 0 fully saturated rings. The molecule has 0 saturated heterocycles. The first-order valence-electron chi connectivity index (χ1n) is 6.75. The molecule has 2 aromatic carbocycles. The highest BCUT2D eigenvalue weighted by Gasteiger charge is 2.06. The molecule has 0 heterocycles. The van der Waals surface area contributed by atoms with E-state index in [0.717, 1.165) is 17.6 Å². The van der Waals surface area contributed by atoms with Crippen LogP contribution in [0.25, 0.3) is 0 Å². The Balaban J connectivity index is 2.12. The lowest BCUT2D eigenvalue weighted by Crippen LogP contribution is -2.06. The van der Waals surface area contributed by atoms with Gasteiger partial charge in [-0.3, -0.25) is 9.59 Å². The molecule has 0 radical (unpaired) electrons. The predicted molar refractivity (Wildman–Crippen MR) is 83.5 cm³/mol. The number of benzene rings is 2. The Morgan fingerprint density at radius 1 is 1.18 bits per heavy atom. The number of amides is 1. The first-order valence-corrected chi connectivity index (χ1v) is 6.75. The standard InChI is InChI=1S/C17H17NO4/c1-12(20)18-15-6-5-14(10-19)17(9-15)22-11-13-3-7-16(21-2)8-4-13/h3-10H,11H2,1-2H3,(H,18,20). The molecule has 5 nitrogen and oxygen atoms in total. The van der Waals surface area contributed by atoms with Gasteiger partial charge in [-0.2, -0.15) is 0 Å². The number of hydrogen-bond donors (Lipinski definition) is 1. The minimum atomic E-state index is -0.181. The number of rotatable bonds is 6. The third-order valence-electron chi connectivity index (χ3n) is 3.01. The van der Waals surface area contributed by atoms with Crippen LogP contribution in [0.4, 0.5) is 5.69 Å². The first-order chi connectivity index (χ1) is 10.6. The van der Waals surface area contributed by atoms with Gasteiger partial charge in [-0.25, -0.2) is 0 Å². The number of carbonyl (C=O) groups excluding carboxylic acids is 2. The van der Waals surface area contributed by atoms with Crippen LogP contribution in [-0.2, 0) is 11.4 Å². The minimum Gasteiger partial charge on any atom is -0.497 e. The molecule has 0 bridgehead atoms. The molecule has 1 N–H and O–H groups in total. The van der Waals surface area contributed by atoms with Gasteiger partial charge < -0.3 is 14.8 Å². The second kappa shape index (κ2) is 7.26. The van der Waals surface area contributed by atoms with Gasteiger partial charge in [-0.15, -0.1) is 0 Å². The van der Waals surface area contributed by atoms with Gasteiger partial charge in [-0.1, -0.05) is 12.1 Å². The molecule has 1 amide bonds. The number of carbonyl (C=O) groups is 2. The van der Waals surface area contributed by atoms with Crippen LogP contribution in [-0.4, -0.2) is 19.3 Å². The maximum absolute atomic E-state index is 11.1. The Morgan fingerprint density at radius 2 is 1.91 bits per heavy atom. The monoisotopic (exact) mass is 299 g/mol. The summed E-state index contributed by atoms with van der Waals surface area (Å²) in [7, 11) is 1.61. The Kier molecular flexibility index (Phi) is 5.14. The molecular formula is C17H17NO4. The SMILES string of the molecule is COc1ccc(COc2cc(NC(C)=O)ccc2C=O)cc1. The number of anilines is 1. The van der Waals surface area contributed by atoms with E-state index in [4.69, 9.17) is 9.47 Å². The molecule has 22 heavy (non-hydrogen) atoms. The quantitative estimate of drug-likeness (QED) is 0.833. The van der Waals surface area contributed by atoms with Crippen LogP contribution in [0.5, 0.6) is 11.5 Å². The zero-order valence-corrected chi connectivity index (χ0v) is 12.5. The topological polar surface area (TPSA) is 64.6 Å². The molecule has 0 unspecified atom stereocenters. The zero-order chi connectivity index (χ0) is 15.9. The van der Waals surface area contributed by atoms with E-state index in [2.05, 4.69) is 5.32 Å². The second-order valence-corrected chi connectivity index (χ2v) is 4.69. The maximum Gasteiger partial charge on any atom is 0.221 e. The van der Waals surface area contributed by atoms with Gasteiger partial charge in [0.25, 0.3) is 0 Å². The van der Waals surface area contributed by atoms with Gasteiger partial charge in [0.05, 0.1) is 12.7 Å². The Morgan fingerprint density at radius 3 is 2.50 bits per heavy atom. The van der Waals surface area contributed by atoms with Crippen LogP contribution < -0.4 is 14.8 Å². The van der Waals surface area contributed by atoms with Crippen molar-refractivity contribution in [3.8, 4) is 11.5 Å². The van der Waals surface area contributed by atoms with Gasteiger partial charge in [0.15, 0.2) is 6.29 Å². The number of aldehydes is 1. The average molecular weight is 299 g/mol. The molecule has 5 heteroatoms. The fourth-order valence-electron chi connectivity index (χ4n) is 1.92. The van der Waals surface area contributed by atoms with E-state index in [1.54, 1.807) is 25.3 Å². The molecule has 114 valence electrons. The van der Waals surface area contributed by atoms with Gasteiger partial charge in [0.2, 0.25) is 5.91 Å². The highest BCUT2D eigenvalue weighted by atomic mass is 16.5. The second-order valence-electron chi connectivity index (χ2n) is 4.69. The summed E-state index contributed by atoms with van der Waals surface area (Å²) in [6.07, 6.45) is 0.723. The largest absolute Gasteiger partial charge is 0.497 e. The Bertz CT molecular complexity index is 665. The van der Waals surface area contributed by atoms with Crippen LogP contribution >= 0.6 is 0 Å². The van der Waals surface area contributed by atoms with E-state index in [1.165, 1.54) is 6.92 Å². The lowest BCUT2D eigenvalue weighted by Gasteiger charge is -2.11. The van der Waals surface area contributed by atoms with E-state index in [-0.39, 0.29) is 5.91 Å². The van der Waals surface area contributed by atoms with Crippen molar-refractivity contribution < 1.29 is 19.1 Å². The van der Waals surface area contributed by atoms with E-state index in [0.29, 0.717) is 23.6 Å². The summed E-state index contributed by atoms with van der Waals surface area (Å²) in [5, 5.41) is 2.66. The lowest BCUT2D eigenvalue weighted by atomic mass is 10.2. The smallest absolute Gasteiger partial charge is 0.221 e. The Hall–Kier alpha value is -2.82. The average Bonchev–Trinajstić information content (AvgIpc) is 2.53. The van der Waals surface area contributed by atoms with Gasteiger partial charge in [0.1, 0.15) is 18.1 Å². The summed E-state index contributed by atoms with van der Waals surface area (Å²) in [5.41, 5.74) is 1.97. The van der Waals surface area contributed by atoms with Crippen LogP contribution in [0, 0.1) is 0 Å². The molecule has 2 aromatic rings. The van der Waals surface area contributed by atoms with E-state index >= 15 is 0 Å². The normalized spacial score (nSPS) is 9.91. The fraction of sp³-hybridized carbons (Fsp3) is 0.176. The summed E-state index contributed by atoms with van der Waals surface area (Å²) in [4.78, 5) is 22.2. The maximum atomic E-state index is 11.1. The van der Waals surface area contributed by atoms with Crippen molar-refractivity contribution in [1.29, 1.82) is 0 Å². The van der Waals surface area contributed by atoms with E-state index in [9.17, 15) is 9.59 Å². The third kappa shape index (κ3) is 4.09. The summed E-state index contributed by atoms with van der Waals surface area (Å²) in [6.45, 7) is 1.74. The highest BCUT2D eigenvalue weighted by Crippen LogP contribution is 2.23. The van der Waals surface area contributed by atoms with Gasteiger partial charge >= 0.3 is 0 Å². The van der Waals surface area contributed by atoms with E-state index in [1.807, 2.05) is 24.3 Å². The molecule has 0 saturated carbocycles. The molecular weight excluding hydrogens is 282 g/mol. The van der Waals surface area contributed by atoms with Gasteiger partial charge in [-0.05, 0) is 29.8 Å². The number of hydrogen-bond acceptors (Lipinski definition) is 4. The summed E-state index contributed by atoms with van der Waals surface area (Å²) < 4.78 is 10.8. The summed E-state index contributed by atoms with van der Waals surface area (Å²) in [5.74, 6) is 1.02. The summed E-state index contributed by atoms with van der Waals surface area (Å²) >= 11 is 0. The molecule has 0 aliphatic carbocycles. The zero-order valence-electron chi connectivity index (χ0n) is 12.5. The van der Waals surface area contributed by atoms with Crippen molar-refractivity contribution in [3.05, 3.63) is 53.6 Å².